The van der Waals surface area contributed by atoms with Crippen LogP contribution in [-0.4, -0.2) is 80.5 Å². The van der Waals surface area contributed by atoms with Gasteiger partial charge in [0.05, 0.1) is 5.69 Å². The first-order valence-electron chi connectivity index (χ1n) is 11.7. The number of anilines is 1. The number of nitrogens with two attached hydrogens (primary N) is 1. The summed E-state index contributed by atoms with van der Waals surface area (Å²) >= 11 is 0. The number of benzene rings is 2. The van der Waals surface area contributed by atoms with Crippen LogP contribution in [-0.2, 0) is 19.5 Å². The van der Waals surface area contributed by atoms with E-state index in [-0.39, 0.29) is 23.5 Å². The van der Waals surface area contributed by atoms with Gasteiger partial charge < -0.3 is 40.2 Å². The number of ether oxygens (including phenoxy) is 3. The fraction of sp³-hybridized carbons (Fsp3) is 0.458. The van der Waals surface area contributed by atoms with Crippen molar-refractivity contribution < 1.29 is 42.7 Å². The molecule has 1 aliphatic rings. The summed E-state index contributed by atoms with van der Waals surface area (Å²) in [7, 11) is -3.06. The molecule has 1 fully saturated rings. The molecule has 0 aliphatic carbocycles. The molecular formula is C24H33N3O9S. The average molecular weight is 540 g/mol. The molecule has 0 saturated carbocycles. The van der Waals surface area contributed by atoms with E-state index in [4.69, 9.17) is 19.3 Å². The van der Waals surface area contributed by atoms with E-state index in [1.54, 1.807) is 30.3 Å². The third kappa shape index (κ3) is 7.17. The van der Waals surface area contributed by atoms with Crippen LogP contribution in [0.1, 0.15) is 30.1 Å². The van der Waals surface area contributed by atoms with Crippen molar-refractivity contribution in [2.75, 3.05) is 25.5 Å². The highest BCUT2D eigenvalue weighted by atomic mass is 32.2. The fourth-order valence-corrected chi connectivity index (χ4v) is 4.46. The van der Waals surface area contributed by atoms with E-state index in [1.807, 2.05) is 6.92 Å². The van der Waals surface area contributed by atoms with Crippen LogP contribution in [0.2, 0.25) is 0 Å². The number of hydrogen-bond acceptors (Lipinski definition) is 10. The summed E-state index contributed by atoms with van der Waals surface area (Å²) in [6, 6.07) is 11.1. The molecule has 12 nitrogen and oxygen atoms in total. The second-order valence-corrected chi connectivity index (χ2v) is 10.1. The van der Waals surface area contributed by atoms with Gasteiger partial charge in [0.25, 0.3) is 5.91 Å². The number of primary sulfonamides is 1. The molecule has 1 amide bonds. The lowest BCUT2D eigenvalue weighted by molar-refractivity contribution is -0.288. The SMILES string of the molecule is CCCCNc1cc(C(=O)NC[C@@H]2OC(OC)[C@H](O)[C@H](O)[C@H]2O)cc(S(N)(=O)=O)c1Oc1ccccc1. The van der Waals surface area contributed by atoms with Crippen LogP contribution < -0.4 is 20.5 Å². The number of amides is 1. The van der Waals surface area contributed by atoms with E-state index in [0.29, 0.717) is 12.3 Å². The molecule has 0 radical (unpaired) electrons. The largest absolute Gasteiger partial charge is 0.454 e. The summed E-state index contributed by atoms with van der Waals surface area (Å²) < 4.78 is 41.3. The van der Waals surface area contributed by atoms with Gasteiger partial charge in [-0.3, -0.25) is 4.79 Å². The van der Waals surface area contributed by atoms with E-state index in [0.717, 1.165) is 18.9 Å². The van der Waals surface area contributed by atoms with Gasteiger partial charge in [0.15, 0.2) is 12.0 Å². The third-order valence-electron chi connectivity index (χ3n) is 5.80. The fourth-order valence-electron chi connectivity index (χ4n) is 3.76. The number of unbranched alkanes of at least 4 members (excludes halogenated alkanes) is 1. The van der Waals surface area contributed by atoms with Crippen LogP contribution >= 0.6 is 0 Å². The molecule has 13 heteroatoms. The molecule has 2 aromatic rings. The monoisotopic (exact) mass is 539 g/mol. The van der Waals surface area contributed by atoms with Gasteiger partial charge in [-0.2, -0.15) is 0 Å². The smallest absolute Gasteiger partial charge is 0.251 e. The lowest BCUT2D eigenvalue weighted by atomic mass is 9.99. The Labute approximate surface area is 215 Å². The predicted octanol–water partition coefficient (Wildman–Crippen LogP) is 0.522. The number of sulfonamides is 1. The molecular weight excluding hydrogens is 506 g/mol. The zero-order chi connectivity index (χ0) is 27.2. The maximum atomic E-state index is 13.0. The number of para-hydroxylation sites is 1. The molecule has 2 aromatic carbocycles. The van der Waals surface area contributed by atoms with E-state index >= 15 is 0 Å². The van der Waals surface area contributed by atoms with Gasteiger partial charge in [-0.05, 0) is 30.7 Å². The molecule has 37 heavy (non-hydrogen) atoms. The third-order valence-corrected chi connectivity index (χ3v) is 6.71. The number of rotatable bonds is 11. The molecule has 1 aliphatic heterocycles. The van der Waals surface area contributed by atoms with Crippen molar-refractivity contribution in [3.63, 3.8) is 0 Å². The Morgan fingerprint density at radius 3 is 2.43 bits per heavy atom. The Kier molecular flexibility index (Phi) is 9.84. The van der Waals surface area contributed by atoms with Gasteiger partial charge in [-0.1, -0.05) is 31.5 Å². The predicted molar refractivity (Wildman–Crippen MR) is 134 cm³/mol. The number of hydrogen-bond donors (Lipinski definition) is 6. The Hall–Kier alpha value is -2.78. The quantitative estimate of drug-likeness (QED) is 0.220. The van der Waals surface area contributed by atoms with Gasteiger partial charge in [0.2, 0.25) is 10.0 Å². The first kappa shape index (κ1) is 28.8. The van der Waals surface area contributed by atoms with Crippen LogP contribution in [0, 0.1) is 0 Å². The Morgan fingerprint density at radius 2 is 1.81 bits per heavy atom. The molecule has 0 aromatic heterocycles. The summed E-state index contributed by atoms with van der Waals surface area (Å²) in [5.74, 6) is -0.368. The van der Waals surface area contributed by atoms with Crippen molar-refractivity contribution in [2.24, 2.45) is 5.14 Å². The van der Waals surface area contributed by atoms with Gasteiger partial charge >= 0.3 is 0 Å². The second-order valence-electron chi connectivity index (χ2n) is 8.55. The topological polar surface area (TPSA) is 190 Å². The summed E-state index contributed by atoms with van der Waals surface area (Å²) in [6.45, 7) is 2.21. The highest BCUT2D eigenvalue weighted by Gasteiger charge is 2.44. The molecule has 1 heterocycles. The Balaban J connectivity index is 1.90. The van der Waals surface area contributed by atoms with E-state index in [1.165, 1.54) is 13.2 Å². The average Bonchev–Trinajstić information content (AvgIpc) is 2.87. The molecule has 5 atom stereocenters. The second kappa shape index (κ2) is 12.6. The van der Waals surface area contributed by atoms with Crippen molar-refractivity contribution in [1.82, 2.24) is 5.32 Å². The number of carbonyl (C=O) groups excluding carboxylic acids is 1. The van der Waals surface area contributed by atoms with Crippen molar-refractivity contribution in [2.45, 2.75) is 55.4 Å². The minimum Gasteiger partial charge on any atom is -0.454 e. The van der Waals surface area contributed by atoms with Crippen molar-refractivity contribution in [3.05, 3.63) is 48.0 Å². The maximum Gasteiger partial charge on any atom is 0.251 e. The highest BCUT2D eigenvalue weighted by Crippen LogP contribution is 2.37. The zero-order valence-electron chi connectivity index (χ0n) is 20.5. The Bertz CT molecular complexity index is 1160. The van der Waals surface area contributed by atoms with Crippen LogP contribution in [0.25, 0.3) is 0 Å². The molecule has 0 spiro atoms. The highest BCUT2D eigenvalue weighted by molar-refractivity contribution is 7.89. The first-order chi connectivity index (χ1) is 17.6. The van der Waals surface area contributed by atoms with Gasteiger partial charge in [-0.15, -0.1) is 0 Å². The molecule has 0 bridgehead atoms. The maximum absolute atomic E-state index is 13.0. The van der Waals surface area contributed by atoms with Crippen molar-refractivity contribution >= 4 is 21.6 Å². The standard InChI is InChI=1S/C24H33N3O9S/c1-3-4-10-26-16-11-14(12-18(37(25,32)33)22(16)35-15-8-6-5-7-9-15)23(31)27-13-17-19(28)20(29)21(30)24(34-2)36-17/h5-9,11-12,17,19-21,24,26,28-30H,3-4,10,13H2,1-2H3,(H,27,31)(H2,25,32,33)/t17-,19-,20+,21+,24?/m0/s1. The lowest BCUT2D eigenvalue weighted by Crippen LogP contribution is -2.60. The van der Waals surface area contributed by atoms with E-state index < -0.39 is 51.5 Å². The molecule has 1 unspecified atom stereocenters. The lowest BCUT2D eigenvalue weighted by Gasteiger charge is -2.39. The first-order valence-corrected chi connectivity index (χ1v) is 13.3. The molecule has 1 saturated heterocycles. The summed E-state index contributed by atoms with van der Waals surface area (Å²) in [5.41, 5.74) is 0.207. The number of nitrogens with one attached hydrogen (secondary N) is 2. The Morgan fingerprint density at radius 1 is 1.11 bits per heavy atom. The number of aliphatic hydroxyl groups excluding tert-OH is 3. The van der Waals surface area contributed by atoms with Gasteiger partial charge in [-0.25, -0.2) is 13.6 Å². The zero-order valence-corrected chi connectivity index (χ0v) is 21.3. The van der Waals surface area contributed by atoms with Crippen LogP contribution in [0.3, 0.4) is 0 Å². The summed E-state index contributed by atoms with van der Waals surface area (Å²) in [4.78, 5) is 12.6. The van der Waals surface area contributed by atoms with Crippen LogP contribution in [0.15, 0.2) is 47.4 Å². The van der Waals surface area contributed by atoms with E-state index in [2.05, 4.69) is 10.6 Å². The number of methoxy groups -OCH3 is 1. The van der Waals surface area contributed by atoms with Crippen LogP contribution in [0.5, 0.6) is 11.5 Å². The minimum atomic E-state index is -4.32. The van der Waals surface area contributed by atoms with Crippen LogP contribution in [0.4, 0.5) is 5.69 Å². The molecule has 7 N–H and O–H groups in total. The summed E-state index contributed by atoms with van der Waals surface area (Å²) in [6.07, 6.45) is -5.20. The van der Waals surface area contributed by atoms with E-state index in [9.17, 15) is 28.5 Å². The molecule has 3 rings (SSSR count). The number of carbonyl (C=O) groups is 1. The minimum absolute atomic E-state index is 0.0439. The van der Waals surface area contributed by atoms with Crippen molar-refractivity contribution in [1.29, 1.82) is 0 Å². The normalized spacial score (nSPS) is 23.9. The molecule has 204 valence electrons. The van der Waals surface area contributed by atoms with Gasteiger partial charge in [0, 0.05) is 25.8 Å². The van der Waals surface area contributed by atoms with Gasteiger partial charge in [0.1, 0.15) is 35.1 Å². The summed E-state index contributed by atoms with van der Waals surface area (Å²) in [5, 5.41) is 41.3. The van der Waals surface area contributed by atoms with Crippen molar-refractivity contribution in [3.8, 4) is 11.5 Å². The number of aliphatic hydroxyl groups is 3.